The first kappa shape index (κ1) is 15.7. The van der Waals surface area contributed by atoms with Crippen molar-refractivity contribution < 1.29 is 4.52 Å². The van der Waals surface area contributed by atoms with Crippen LogP contribution in [0, 0.1) is 0 Å². The Bertz CT molecular complexity index is 632. The summed E-state index contributed by atoms with van der Waals surface area (Å²) in [6.07, 6.45) is 7.82. The summed E-state index contributed by atoms with van der Waals surface area (Å²) < 4.78 is 5.52. The topological polar surface area (TPSA) is 67.1 Å². The minimum absolute atomic E-state index is 0.526. The van der Waals surface area contributed by atoms with Crippen LogP contribution in [0.1, 0.15) is 55.4 Å². The Balaban J connectivity index is 1.49. The molecule has 3 heterocycles. The molecule has 0 radical (unpaired) electrons. The van der Waals surface area contributed by atoms with Gasteiger partial charge in [0.15, 0.2) is 5.82 Å². The molecule has 6 heteroatoms. The fraction of sp³-hybridized carbons (Fsp3) is 0.611. The molecule has 1 atom stereocenters. The summed E-state index contributed by atoms with van der Waals surface area (Å²) in [7, 11) is 0. The minimum atomic E-state index is 0.526. The van der Waals surface area contributed by atoms with Crippen molar-refractivity contribution in [2.45, 2.75) is 57.2 Å². The van der Waals surface area contributed by atoms with Crippen molar-refractivity contribution in [2.75, 3.05) is 13.1 Å². The summed E-state index contributed by atoms with van der Waals surface area (Å²) in [6.45, 7) is 3.72. The molecule has 2 aromatic heterocycles. The molecule has 1 N–H and O–H groups in total. The summed E-state index contributed by atoms with van der Waals surface area (Å²) in [5.41, 5.74) is 1.09. The Kier molecular flexibility index (Phi) is 4.85. The second-order valence-corrected chi connectivity index (χ2v) is 6.88. The quantitative estimate of drug-likeness (QED) is 0.879. The number of hydrogen-bond acceptors (Lipinski definition) is 6. The van der Waals surface area contributed by atoms with Gasteiger partial charge in [-0.15, -0.1) is 0 Å². The molecule has 1 saturated heterocycles. The van der Waals surface area contributed by atoms with E-state index in [1.165, 1.54) is 25.7 Å². The molecule has 1 unspecified atom stereocenters. The normalized spacial score (nSPS) is 21.8. The maximum atomic E-state index is 5.52. The van der Waals surface area contributed by atoms with Crippen molar-refractivity contribution in [1.29, 1.82) is 0 Å². The van der Waals surface area contributed by atoms with Gasteiger partial charge in [-0.2, -0.15) is 4.98 Å². The third kappa shape index (κ3) is 3.99. The Morgan fingerprint density at radius 1 is 1.12 bits per heavy atom. The fourth-order valence-corrected chi connectivity index (χ4v) is 3.39. The minimum Gasteiger partial charge on any atom is -0.338 e. The third-order valence-electron chi connectivity index (χ3n) is 4.92. The summed E-state index contributed by atoms with van der Waals surface area (Å²) in [4.78, 5) is 11.6. The van der Waals surface area contributed by atoms with Gasteiger partial charge >= 0.3 is 0 Å². The van der Waals surface area contributed by atoms with E-state index >= 15 is 0 Å². The van der Waals surface area contributed by atoms with E-state index in [1.807, 2.05) is 18.3 Å². The Morgan fingerprint density at radius 2 is 2.08 bits per heavy atom. The first-order valence-electron chi connectivity index (χ1n) is 9.05. The van der Waals surface area contributed by atoms with Gasteiger partial charge in [0.05, 0.1) is 12.2 Å². The Hall–Kier alpha value is -1.79. The highest BCUT2D eigenvalue weighted by Gasteiger charge is 2.29. The number of rotatable bonds is 6. The van der Waals surface area contributed by atoms with Gasteiger partial charge in [-0.25, -0.2) is 0 Å². The lowest BCUT2D eigenvalue weighted by molar-refractivity contribution is 0.142. The van der Waals surface area contributed by atoms with Crippen LogP contribution >= 0.6 is 0 Å². The standard InChI is InChI=1S/C18H25N5O/c1-2-10-20-15(4-1)12-23(16-5-3-9-19-11-8-16)13-17-21-18(22-24-17)14-6-7-14/h1-2,4,10,14,16,19H,3,5-9,11-13H2. The second-order valence-electron chi connectivity index (χ2n) is 6.88. The molecule has 6 nitrogen and oxygen atoms in total. The van der Waals surface area contributed by atoms with Gasteiger partial charge in [0.2, 0.25) is 5.89 Å². The van der Waals surface area contributed by atoms with Gasteiger partial charge < -0.3 is 9.84 Å². The maximum Gasteiger partial charge on any atom is 0.240 e. The summed E-state index contributed by atoms with van der Waals surface area (Å²) in [6, 6.07) is 6.63. The zero-order valence-corrected chi connectivity index (χ0v) is 14.0. The Labute approximate surface area is 142 Å². The molecular formula is C18H25N5O. The lowest BCUT2D eigenvalue weighted by Crippen LogP contribution is -2.35. The van der Waals surface area contributed by atoms with Crippen LogP contribution in [-0.4, -0.2) is 39.2 Å². The van der Waals surface area contributed by atoms with E-state index in [2.05, 4.69) is 31.4 Å². The van der Waals surface area contributed by atoms with Gasteiger partial charge in [-0.05, 0) is 57.3 Å². The number of hydrogen-bond donors (Lipinski definition) is 1. The third-order valence-corrected chi connectivity index (χ3v) is 4.92. The van der Waals surface area contributed by atoms with Crippen LogP contribution < -0.4 is 5.32 Å². The number of aromatic nitrogens is 3. The lowest BCUT2D eigenvalue weighted by atomic mass is 10.1. The van der Waals surface area contributed by atoms with Crippen LogP contribution in [0.15, 0.2) is 28.9 Å². The lowest BCUT2D eigenvalue weighted by Gasteiger charge is -2.29. The maximum absolute atomic E-state index is 5.52. The van der Waals surface area contributed by atoms with Crippen molar-refractivity contribution in [3.63, 3.8) is 0 Å². The van der Waals surface area contributed by atoms with E-state index < -0.39 is 0 Å². The zero-order valence-electron chi connectivity index (χ0n) is 14.0. The van der Waals surface area contributed by atoms with E-state index in [4.69, 9.17) is 4.52 Å². The van der Waals surface area contributed by atoms with Crippen molar-refractivity contribution in [3.05, 3.63) is 41.8 Å². The van der Waals surface area contributed by atoms with Crippen molar-refractivity contribution in [1.82, 2.24) is 25.3 Å². The highest BCUT2D eigenvalue weighted by Crippen LogP contribution is 2.38. The molecule has 4 rings (SSSR count). The molecule has 24 heavy (non-hydrogen) atoms. The van der Waals surface area contributed by atoms with E-state index in [-0.39, 0.29) is 0 Å². The smallest absolute Gasteiger partial charge is 0.240 e. The Morgan fingerprint density at radius 3 is 2.92 bits per heavy atom. The molecule has 0 bridgehead atoms. The van der Waals surface area contributed by atoms with Gasteiger partial charge in [0, 0.05) is 24.7 Å². The first-order valence-corrected chi connectivity index (χ1v) is 9.05. The molecule has 1 aliphatic carbocycles. The average molecular weight is 327 g/mol. The number of nitrogens with one attached hydrogen (secondary N) is 1. The highest BCUT2D eigenvalue weighted by atomic mass is 16.5. The van der Waals surface area contributed by atoms with Crippen LogP contribution in [0.25, 0.3) is 0 Å². The van der Waals surface area contributed by atoms with Crippen molar-refractivity contribution in [3.8, 4) is 0 Å². The van der Waals surface area contributed by atoms with Crippen LogP contribution in [0.3, 0.4) is 0 Å². The van der Waals surface area contributed by atoms with Gasteiger partial charge in [0.1, 0.15) is 0 Å². The van der Waals surface area contributed by atoms with E-state index in [0.29, 0.717) is 18.5 Å². The van der Waals surface area contributed by atoms with Crippen molar-refractivity contribution in [2.24, 2.45) is 0 Å². The summed E-state index contributed by atoms with van der Waals surface area (Å²) >= 11 is 0. The molecule has 0 spiro atoms. The summed E-state index contributed by atoms with van der Waals surface area (Å²) in [5, 5.41) is 7.65. The number of nitrogens with zero attached hydrogens (tertiary/aromatic N) is 4. The number of pyridine rings is 1. The highest BCUT2D eigenvalue weighted by molar-refractivity contribution is 5.05. The SMILES string of the molecule is c1ccc(CN(Cc2nc(C3CC3)no2)C2CCCNCC2)nc1. The van der Waals surface area contributed by atoms with Crippen molar-refractivity contribution >= 4 is 0 Å². The fourth-order valence-electron chi connectivity index (χ4n) is 3.39. The first-order chi connectivity index (χ1) is 11.9. The molecule has 1 saturated carbocycles. The molecule has 0 aromatic carbocycles. The zero-order chi connectivity index (χ0) is 16.2. The largest absolute Gasteiger partial charge is 0.338 e. The van der Waals surface area contributed by atoms with Crippen LogP contribution in [0.2, 0.25) is 0 Å². The predicted molar refractivity (Wildman–Crippen MR) is 90.3 cm³/mol. The molecular weight excluding hydrogens is 302 g/mol. The van der Waals surface area contributed by atoms with Crippen LogP contribution in [-0.2, 0) is 13.1 Å². The average Bonchev–Trinajstić information content (AvgIpc) is 3.40. The monoisotopic (exact) mass is 327 g/mol. The molecule has 128 valence electrons. The van der Waals surface area contributed by atoms with E-state index in [1.54, 1.807) is 0 Å². The molecule has 0 amide bonds. The van der Waals surface area contributed by atoms with Gasteiger partial charge in [0.25, 0.3) is 0 Å². The molecule has 2 aliphatic rings. The second kappa shape index (κ2) is 7.40. The molecule has 2 aromatic rings. The predicted octanol–water partition coefficient (Wildman–Crippen LogP) is 2.49. The van der Waals surface area contributed by atoms with E-state index in [0.717, 1.165) is 43.5 Å². The van der Waals surface area contributed by atoms with E-state index in [9.17, 15) is 0 Å². The molecule has 1 aliphatic heterocycles. The van der Waals surface area contributed by atoms with Gasteiger partial charge in [-0.3, -0.25) is 9.88 Å². The molecule has 2 fully saturated rings. The van der Waals surface area contributed by atoms with Gasteiger partial charge in [-0.1, -0.05) is 11.2 Å². The van der Waals surface area contributed by atoms with Crippen LogP contribution in [0.5, 0.6) is 0 Å². The summed E-state index contributed by atoms with van der Waals surface area (Å²) in [5.74, 6) is 2.17. The van der Waals surface area contributed by atoms with Crippen LogP contribution in [0.4, 0.5) is 0 Å².